The van der Waals surface area contributed by atoms with E-state index in [9.17, 15) is 4.79 Å². The Hall–Kier alpha value is -1.39. The minimum Gasteiger partial charge on any atom is -0.381 e. The van der Waals surface area contributed by atoms with Gasteiger partial charge in [-0.2, -0.15) is 0 Å². The van der Waals surface area contributed by atoms with E-state index >= 15 is 0 Å². The summed E-state index contributed by atoms with van der Waals surface area (Å²) in [5.74, 6) is 1.09. The number of aliphatic imine (C=N–C) groups is 1. The van der Waals surface area contributed by atoms with Crippen LogP contribution in [0, 0.1) is 0 Å². The van der Waals surface area contributed by atoms with E-state index in [-0.39, 0.29) is 35.4 Å². The molecule has 3 heterocycles. The number of amides is 1. The fourth-order valence-electron chi connectivity index (χ4n) is 5.01. The van der Waals surface area contributed by atoms with Crippen molar-refractivity contribution >= 4 is 41.5 Å². The van der Waals surface area contributed by atoms with Crippen LogP contribution in [-0.2, 0) is 16.1 Å². The summed E-state index contributed by atoms with van der Waals surface area (Å²) in [5.41, 5.74) is 2.31. The first-order chi connectivity index (χ1) is 15.2. The van der Waals surface area contributed by atoms with Gasteiger partial charge in [0, 0.05) is 50.5 Å². The third-order valence-electron chi connectivity index (χ3n) is 6.87. The molecule has 178 valence electrons. The van der Waals surface area contributed by atoms with Gasteiger partial charge < -0.3 is 20.3 Å². The second-order valence-corrected chi connectivity index (χ2v) is 8.89. The molecule has 0 spiro atoms. The topological polar surface area (TPSA) is 69.2 Å². The van der Waals surface area contributed by atoms with Crippen LogP contribution in [0.2, 0.25) is 0 Å². The molecule has 32 heavy (non-hydrogen) atoms. The Kier molecular flexibility index (Phi) is 9.61. The second kappa shape index (κ2) is 12.2. The number of carbonyl (C=O) groups is 1. The molecule has 2 N–H and O–H groups in total. The molecule has 0 aromatic heterocycles. The number of hydrogen-bond acceptors (Lipinski definition) is 4. The van der Waals surface area contributed by atoms with Gasteiger partial charge in [-0.25, -0.2) is 4.99 Å². The van der Waals surface area contributed by atoms with Gasteiger partial charge in [-0.05, 0) is 69.8 Å². The summed E-state index contributed by atoms with van der Waals surface area (Å²) in [5, 5.41) is 7.03. The summed E-state index contributed by atoms with van der Waals surface area (Å²) >= 11 is 0. The summed E-state index contributed by atoms with van der Waals surface area (Å²) < 4.78 is 5.67. The van der Waals surface area contributed by atoms with Gasteiger partial charge in [0.1, 0.15) is 0 Å². The molecule has 1 aromatic carbocycles. The highest BCUT2D eigenvalue weighted by atomic mass is 127. The summed E-state index contributed by atoms with van der Waals surface area (Å²) in [7, 11) is 0. The van der Waals surface area contributed by atoms with Crippen LogP contribution in [0.4, 0.5) is 5.69 Å². The number of likely N-dealkylation sites (tertiary alicyclic amines) is 1. The lowest BCUT2D eigenvalue weighted by Crippen LogP contribution is -2.58. The van der Waals surface area contributed by atoms with Crippen molar-refractivity contribution in [2.24, 2.45) is 4.99 Å². The number of rotatable bonds is 7. The Morgan fingerprint density at radius 2 is 1.78 bits per heavy atom. The number of anilines is 1. The van der Waals surface area contributed by atoms with E-state index in [0.29, 0.717) is 13.0 Å². The summed E-state index contributed by atoms with van der Waals surface area (Å²) in [6.07, 6.45) is 6.38. The van der Waals surface area contributed by atoms with E-state index in [0.717, 1.165) is 69.3 Å². The number of benzene rings is 1. The summed E-state index contributed by atoms with van der Waals surface area (Å²) in [6, 6.07) is 8.24. The van der Waals surface area contributed by atoms with Crippen LogP contribution in [0.15, 0.2) is 29.3 Å². The molecular formula is C24H38IN5O2. The molecule has 3 aliphatic rings. The molecule has 3 fully saturated rings. The first kappa shape index (κ1) is 25.2. The highest BCUT2D eigenvalue weighted by Gasteiger charge is 2.39. The van der Waals surface area contributed by atoms with E-state index in [1.807, 2.05) is 17.0 Å². The van der Waals surface area contributed by atoms with Crippen molar-refractivity contribution in [1.82, 2.24) is 15.5 Å². The molecule has 0 unspecified atom stereocenters. The van der Waals surface area contributed by atoms with E-state index in [4.69, 9.17) is 9.73 Å². The van der Waals surface area contributed by atoms with Gasteiger partial charge >= 0.3 is 0 Å². The normalized spacial score (nSPS) is 21.5. The average Bonchev–Trinajstić information content (AvgIpc) is 3.49. The van der Waals surface area contributed by atoms with Crippen molar-refractivity contribution in [1.29, 1.82) is 0 Å². The van der Waals surface area contributed by atoms with Crippen LogP contribution < -0.4 is 15.5 Å². The number of guanidine groups is 1. The highest BCUT2D eigenvalue weighted by Crippen LogP contribution is 2.30. The molecule has 1 amide bonds. The molecular weight excluding hydrogens is 517 g/mol. The van der Waals surface area contributed by atoms with Gasteiger partial charge in [-0.15, -0.1) is 24.0 Å². The molecule has 1 aromatic rings. The largest absolute Gasteiger partial charge is 0.381 e. The molecule has 0 saturated carbocycles. The number of nitrogens with one attached hydrogen (secondary N) is 2. The molecule has 0 bridgehead atoms. The third kappa shape index (κ3) is 6.14. The molecule has 3 aliphatic heterocycles. The zero-order valence-corrected chi connectivity index (χ0v) is 21.6. The number of carbonyl (C=O) groups excluding carboxylic acids is 1. The molecule has 3 saturated heterocycles. The van der Waals surface area contributed by atoms with E-state index < -0.39 is 0 Å². The second-order valence-electron chi connectivity index (χ2n) is 8.89. The molecule has 0 aliphatic carbocycles. The quantitative estimate of drug-likeness (QED) is 0.308. The lowest BCUT2D eigenvalue weighted by atomic mass is 9.88. The maximum absolute atomic E-state index is 11.9. The van der Waals surface area contributed by atoms with Gasteiger partial charge in [0.15, 0.2) is 5.96 Å². The van der Waals surface area contributed by atoms with Crippen molar-refractivity contribution in [2.75, 3.05) is 50.8 Å². The summed E-state index contributed by atoms with van der Waals surface area (Å²) in [4.78, 5) is 21.3. The van der Waals surface area contributed by atoms with Crippen LogP contribution in [-0.4, -0.2) is 68.2 Å². The predicted molar refractivity (Wildman–Crippen MR) is 140 cm³/mol. The van der Waals surface area contributed by atoms with Crippen LogP contribution in [0.5, 0.6) is 0 Å². The third-order valence-corrected chi connectivity index (χ3v) is 6.87. The van der Waals surface area contributed by atoms with E-state index in [1.165, 1.54) is 25.9 Å². The lowest BCUT2D eigenvalue weighted by molar-refractivity contribution is -0.117. The van der Waals surface area contributed by atoms with Gasteiger partial charge in [0.2, 0.25) is 5.91 Å². The Morgan fingerprint density at radius 3 is 2.41 bits per heavy atom. The fraction of sp³-hybridized carbons (Fsp3) is 0.667. The maximum atomic E-state index is 11.9. The van der Waals surface area contributed by atoms with E-state index in [1.54, 1.807) is 0 Å². The minimum absolute atomic E-state index is 0. The zero-order valence-electron chi connectivity index (χ0n) is 19.3. The minimum atomic E-state index is 0. The van der Waals surface area contributed by atoms with Gasteiger partial charge in [0.05, 0.1) is 6.54 Å². The molecule has 4 rings (SSSR count). The Balaban J connectivity index is 0.00000289. The maximum Gasteiger partial charge on any atom is 0.227 e. The number of nitrogens with zero attached hydrogens (tertiary/aromatic N) is 3. The Labute approximate surface area is 209 Å². The molecule has 8 heteroatoms. The Bertz CT molecular complexity index is 758. The lowest BCUT2D eigenvalue weighted by Gasteiger charge is -2.45. The van der Waals surface area contributed by atoms with Crippen molar-refractivity contribution in [3.05, 3.63) is 29.8 Å². The summed E-state index contributed by atoms with van der Waals surface area (Å²) in [6.45, 7) is 9.36. The molecule has 0 atom stereocenters. The molecule has 7 nitrogen and oxygen atoms in total. The van der Waals surface area contributed by atoms with Gasteiger partial charge in [-0.3, -0.25) is 9.69 Å². The zero-order chi connectivity index (χ0) is 21.5. The first-order valence-corrected chi connectivity index (χ1v) is 11.9. The number of halogens is 1. The predicted octanol–water partition coefficient (Wildman–Crippen LogP) is 3.13. The van der Waals surface area contributed by atoms with Gasteiger partial charge in [-0.1, -0.05) is 12.1 Å². The number of hydrogen-bond donors (Lipinski definition) is 2. The van der Waals surface area contributed by atoms with Crippen molar-refractivity contribution in [2.45, 2.75) is 57.5 Å². The van der Waals surface area contributed by atoms with Crippen LogP contribution in [0.3, 0.4) is 0 Å². The Morgan fingerprint density at radius 1 is 1.06 bits per heavy atom. The van der Waals surface area contributed by atoms with E-state index in [2.05, 4.69) is 34.6 Å². The van der Waals surface area contributed by atoms with Crippen LogP contribution in [0.25, 0.3) is 0 Å². The number of ether oxygens (including phenoxy) is 1. The smallest absolute Gasteiger partial charge is 0.227 e. The van der Waals surface area contributed by atoms with Gasteiger partial charge in [0.25, 0.3) is 0 Å². The van der Waals surface area contributed by atoms with Crippen LogP contribution >= 0.6 is 24.0 Å². The first-order valence-electron chi connectivity index (χ1n) is 11.9. The SMILES string of the molecule is CCNC(=NCc1ccc(N2CCCC2=O)cc1)NCC1(N2CCCC2)CCOCC1.I. The fourth-order valence-corrected chi connectivity index (χ4v) is 5.01. The monoisotopic (exact) mass is 555 g/mol. The van der Waals surface area contributed by atoms with Crippen molar-refractivity contribution in [3.8, 4) is 0 Å². The van der Waals surface area contributed by atoms with Crippen LogP contribution in [0.1, 0.15) is 51.0 Å². The van der Waals surface area contributed by atoms with Crippen molar-refractivity contribution in [3.63, 3.8) is 0 Å². The average molecular weight is 556 g/mol. The molecule has 0 radical (unpaired) electrons. The highest BCUT2D eigenvalue weighted by molar-refractivity contribution is 14.0. The van der Waals surface area contributed by atoms with Crippen molar-refractivity contribution < 1.29 is 9.53 Å². The standard InChI is InChI=1S/C24H37N5O2.HI/c1-2-25-23(27-19-24(11-16-31-17-12-24)28-13-3-4-14-28)26-18-20-7-9-21(10-8-20)29-15-5-6-22(29)30;/h7-10H,2-6,11-19H2,1H3,(H2,25,26,27);1H.